The molecular formula is C29H41N3O4. The molecule has 0 aliphatic carbocycles. The number of urea groups is 1. The van der Waals surface area contributed by atoms with Crippen molar-refractivity contribution >= 4 is 6.03 Å². The minimum absolute atomic E-state index is 0.0406. The van der Waals surface area contributed by atoms with Crippen molar-refractivity contribution < 1.29 is 19.4 Å². The van der Waals surface area contributed by atoms with Gasteiger partial charge in [-0.05, 0) is 63.1 Å². The number of nitrogens with zero attached hydrogens (tertiary/aromatic N) is 2. The predicted molar refractivity (Wildman–Crippen MR) is 141 cm³/mol. The number of benzene rings is 2. The molecule has 2 aliphatic rings. The van der Waals surface area contributed by atoms with Crippen molar-refractivity contribution in [2.75, 3.05) is 39.9 Å². The number of hydrogen-bond donors (Lipinski definition) is 2. The second kappa shape index (κ2) is 12.1. The molecule has 0 aromatic heterocycles. The molecule has 3 N–H and O–H groups in total. The van der Waals surface area contributed by atoms with Gasteiger partial charge in [-0.1, -0.05) is 36.4 Å². The lowest BCUT2D eigenvalue weighted by Gasteiger charge is -2.44. The molecule has 7 heteroatoms. The van der Waals surface area contributed by atoms with Crippen LogP contribution in [0.4, 0.5) is 4.79 Å². The van der Waals surface area contributed by atoms with Crippen LogP contribution in [0, 0.1) is 12.8 Å². The van der Waals surface area contributed by atoms with E-state index in [4.69, 9.17) is 15.2 Å². The summed E-state index contributed by atoms with van der Waals surface area (Å²) in [5.41, 5.74) is 6.75. The quantitative estimate of drug-likeness (QED) is 0.494. The minimum Gasteiger partial charge on any atom is -0.457 e. The molecule has 0 saturated carbocycles. The third-order valence-electron chi connectivity index (χ3n) is 7.69. The molecule has 196 valence electrons. The van der Waals surface area contributed by atoms with Gasteiger partial charge in [-0.25, -0.2) is 4.79 Å². The normalized spacial score (nSPS) is 21.9. The molecule has 7 nitrogen and oxygen atoms in total. The van der Waals surface area contributed by atoms with Crippen LogP contribution in [0.3, 0.4) is 0 Å². The maximum Gasteiger partial charge on any atom is 0.320 e. The number of carbonyl (C=O) groups excluding carboxylic acids is 1. The third kappa shape index (κ3) is 6.02. The summed E-state index contributed by atoms with van der Waals surface area (Å²) in [4.78, 5) is 17.0. The van der Waals surface area contributed by atoms with Gasteiger partial charge >= 0.3 is 6.03 Å². The zero-order chi connectivity index (χ0) is 25.5. The van der Waals surface area contributed by atoms with E-state index in [0.29, 0.717) is 45.0 Å². The first-order valence-corrected chi connectivity index (χ1v) is 13.3. The smallest absolute Gasteiger partial charge is 0.320 e. The molecule has 36 heavy (non-hydrogen) atoms. The summed E-state index contributed by atoms with van der Waals surface area (Å²) in [5, 5.41) is 12.4. The van der Waals surface area contributed by atoms with Crippen molar-refractivity contribution in [1.82, 2.24) is 9.80 Å². The van der Waals surface area contributed by atoms with Crippen molar-refractivity contribution in [3.05, 3.63) is 59.7 Å². The molecule has 0 spiro atoms. The largest absolute Gasteiger partial charge is 0.457 e. The van der Waals surface area contributed by atoms with Crippen LogP contribution in [0.25, 0.3) is 0 Å². The molecule has 4 rings (SSSR count). The SMILES string of the molecule is COCCCC[C@@](O)(c1ccccc1Oc1ccccc1C)[C@@H]1CCCN(C(=O)N2CC[C@@H](N)C2)C1. The molecule has 2 heterocycles. The first-order chi connectivity index (χ1) is 17.4. The number of likely N-dealkylation sites (tertiary alicyclic amines) is 2. The maximum absolute atomic E-state index is 13.3. The van der Waals surface area contributed by atoms with E-state index in [0.717, 1.165) is 49.0 Å². The van der Waals surface area contributed by atoms with E-state index in [-0.39, 0.29) is 18.0 Å². The molecule has 2 saturated heterocycles. The van der Waals surface area contributed by atoms with E-state index in [1.165, 1.54) is 0 Å². The van der Waals surface area contributed by atoms with Crippen molar-refractivity contribution in [1.29, 1.82) is 0 Å². The Balaban J connectivity index is 1.61. The number of rotatable bonds is 9. The van der Waals surface area contributed by atoms with E-state index >= 15 is 0 Å². The van der Waals surface area contributed by atoms with E-state index in [9.17, 15) is 9.90 Å². The van der Waals surface area contributed by atoms with Crippen LogP contribution in [0.2, 0.25) is 0 Å². The second-order valence-corrected chi connectivity index (χ2v) is 10.3. The number of aliphatic hydroxyl groups is 1. The highest BCUT2D eigenvalue weighted by molar-refractivity contribution is 5.75. The first-order valence-electron chi connectivity index (χ1n) is 13.3. The van der Waals surface area contributed by atoms with Gasteiger partial charge in [-0.3, -0.25) is 0 Å². The summed E-state index contributed by atoms with van der Waals surface area (Å²) in [6, 6.07) is 15.8. The Morgan fingerprint density at radius 1 is 1.03 bits per heavy atom. The Morgan fingerprint density at radius 2 is 1.75 bits per heavy atom. The topological polar surface area (TPSA) is 88.3 Å². The van der Waals surface area contributed by atoms with Gasteiger partial charge in [0.1, 0.15) is 11.5 Å². The van der Waals surface area contributed by atoms with Gasteiger partial charge in [-0.15, -0.1) is 0 Å². The van der Waals surface area contributed by atoms with Crippen LogP contribution in [-0.2, 0) is 10.3 Å². The predicted octanol–water partition coefficient (Wildman–Crippen LogP) is 4.66. The van der Waals surface area contributed by atoms with Crippen LogP contribution in [-0.4, -0.2) is 66.9 Å². The fourth-order valence-corrected chi connectivity index (χ4v) is 5.60. The van der Waals surface area contributed by atoms with Crippen LogP contribution < -0.4 is 10.5 Å². The number of nitrogens with two attached hydrogens (primary N) is 1. The summed E-state index contributed by atoms with van der Waals surface area (Å²) in [6.45, 7) is 5.21. The van der Waals surface area contributed by atoms with Crippen molar-refractivity contribution in [3.63, 3.8) is 0 Å². The summed E-state index contributed by atoms with van der Waals surface area (Å²) in [5.74, 6) is 1.34. The zero-order valence-corrected chi connectivity index (χ0v) is 21.7. The van der Waals surface area contributed by atoms with Crippen molar-refractivity contribution in [3.8, 4) is 11.5 Å². The number of piperidine rings is 1. The molecule has 0 radical (unpaired) electrons. The van der Waals surface area contributed by atoms with Gasteiger partial charge in [0, 0.05) is 57.4 Å². The van der Waals surface area contributed by atoms with Crippen LogP contribution >= 0.6 is 0 Å². The number of ether oxygens (including phenoxy) is 2. The van der Waals surface area contributed by atoms with Crippen molar-refractivity contribution in [2.45, 2.75) is 57.1 Å². The van der Waals surface area contributed by atoms with E-state index < -0.39 is 5.60 Å². The first kappa shape index (κ1) is 26.5. The summed E-state index contributed by atoms with van der Waals surface area (Å²) in [7, 11) is 1.70. The maximum atomic E-state index is 13.3. The van der Waals surface area contributed by atoms with Gasteiger partial charge in [-0.2, -0.15) is 0 Å². The Hall–Kier alpha value is -2.61. The van der Waals surface area contributed by atoms with Crippen LogP contribution in [0.5, 0.6) is 11.5 Å². The van der Waals surface area contributed by atoms with Gasteiger partial charge in [0.15, 0.2) is 0 Å². The average Bonchev–Trinajstić information content (AvgIpc) is 3.34. The summed E-state index contributed by atoms with van der Waals surface area (Å²) in [6.07, 6.45) is 4.80. The monoisotopic (exact) mass is 495 g/mol. The average molecular weight is 496 g/mol. The molecule has 2 aromatic rings. The highest BCUT2D eigenvalue weighted by atomic mass is 16.5. The molecular weight excluding hydrogens is 454 g/mol. The lowest BCUT2D eigenvalue weighted by atomic mass is 9.73. The summed E-state index contributed by atoms with van der Waals surface area (Å²) >= 11 is 0. The number of methoxy groups -OCH3 is 1. The van der Waals surface area contributed by atoms with Crippen LogP contribution in [0.15, 0.2) is 48.5 Å². The van der Waals surface area contributed by atoms with Gasteiger partial charge in [0.05, 0.1) is 5.60 Å². The van der Waals surface area contributed by atoms with Crippen molar-refractivity contribution in [2.24, 2.45) is 11.7 Å². The van der Waals surface area contributed by atoms with E-state index in [1.54, 1.807) is 7.11 Å². The molecule has 2 fully saturated rings. The van der Waals surface area contributed by atoms with E-state index in [1.807, 2.05) is 65.3 Å². The number of unbranched alkanes of at least 4 members (excludes halogenated alkanes) is 1. The number of para-hydroxylation sites is 2. The molecule has 0 bridgehead atoms. The Kier molecular flexibility index (Phi) is 8.88. The van der Waals surface area contributed by atoms with Gasteiger partial charge < -0.3 is 30.1 Å². The van der Waals surface area contributed by atoms with E-state index in [2.05, 4.69) is 0 Å². The van der Waals surface area contributed by atoms with Crippen LogP contribution in [0.1, 0.15) is 49.7 Å². The number of amides is 2. The number of aryl methyl sites for hydroxylation is 1. The second-order valence-electron chi connectivity index (χ2n) is 10.3. The molecule has 3 atom stereocenters. The number of carbonyl (C=O) groups is 1. The molecule has 2 aromatic carbocycles. The lowest BCUT2D eigenvalue weighted by molar-refractivity contribution is -0.0586. The molecule has 2 aliphatic heterocycles. The Labute approximate surface area is 215 Å². The Bertz CT molecular complexity index is 1020. The van der Waals surface area contributed by atoms with Gasteiger partial charge in [0.25, 0.3) is 0 Å². The molecule has 0 unspecified atom stereocenters. The standard InChI is InChI=1S/C29H41N3O4/c1-22-10-3-5-13-26(22)36-27-14-6-4-12-25(27)29(34,16-7-8-19-35-2)23-11-9-17-31(20-23)28(33)32-18-15-24(30)21-32/h3-6,10,12-14,23-24,34H,7-9,11,15-21,30H2,1-2H3/t23-,24-,29+/m1/s1. The fourth-order valence-electron chi connectivity index (χ4n) is 5.60. The highest BCUT2D eigenvalue weighted by Gasteiger charge is 2.43. The third-order valence-corrected chi connectivity index (χ3v) is 7.69. The molecule has 2 amide bonds. The highest BCUT2D eigenvalue weighted by Crippen LogP contribution is 2.44. The Morgan fingerprint density at radius 3 is 2.47 bits per heavy atom. The minimum atomic E-state index is -1.13. The lowest BCUT2D eigenvalue weighted by Crippen LogP contribution is -2.51. The number of hydrogen-bond acceptors (Lipinski definition) is 5. The summed E-state index contributed by atoms with van der Waals surface area (Å²) < 4.78 is 11.6. The fraction of sp³-hybridized carbons (Fsp3) is 0.552. The van der Waals surface area contributed by atoms with Gasteiger partial charge in [0.2, 0.25) is 0 Å². The zero-order valence-electron chi connectivity index (χ0n) is 21.7.